The Morgan fingerprint density at radius 1 is 1.10 bits per heavy atom. The summed E-state index contributed by atoms with van der Waals surface area (Å²) in [6.45, 7) is 4.13. The van der Waals surface area contributed by atoms with Gasteiger partial charge in [0.15, 0.2) is 0 Å². The molecule has 2 aliphatic heterocycles. The van der Waals surface area contributed by atoms with Gasteiger partial charge in [-0.2, -0.15) is 0 Å². The number of carbonyl (C=O) groups is 2. The van der Waals surface area contributed by atoms with Gasteiger partial charge in [-0.05, 0) is 42.2 Å². The van der Waals surface area contributed by atoms with E-state index in [4.69, 9.17) is 4.74 Å². The number of ether oxygens (including phenoxy) is 1. The molecule has 0 spiro atoms. The molecule has 31 heavy (non-hydrogen) atoms. The van der Waals surface area contributed by atoms with E-state index >= 15 is 0 Å². The molecule has 0 aromatic heterocycles. The summed E-state index contributed by atoms with van der Waals surface area (Å²) in [7, 11) is 1.66. The Balaban J connectivity index is 1.43. The van der Waals surface area contributed by atoms with Crippen molar-refractivity contribution in [1.82, 2.24) is 21.1 Å². The molecule has 3 atom stereocenters. The van der Waals surface area contributed by atoms with E-state index in [9.17, 15) is 9.59 Å². The average molecular weight is 423 g/mol. The zero-order valence-electron chi connectivity index (χ0n) is 18.1. The normalized spacial score (nSPS) is 23.9. The van der Waals surface area contributed by atoms with Crippen LogP contribution in [0.15, 0.2) is 48.5 Å². The van der Waals surface area contributed by atoms with Crippen molar-refractivity contribution in [2.75, 3.05) is 33.3 Å². The Morgan fingerprint density at radius 2 is 1.77 bits per heavy atom. The molecule has 2 fully saturated rings. The van der Waals surface area contributed by atoms with Crippen LogP contribution in [0, 0.1) is 11.8 Å². The molecule has 2 saturated heterocycles. The lowest BCUT2D eigenvalue weighted by Gasteiger charge is -2.27. The molecule has 2 heterocycles. The van der Waals surface area contributed by atoms with Crippen LogP contribution >= 0.6 is 0 Å². The number of rotatable bonds is 5. The molecule has 7 heteroatoms. The Labute approximate surface area is 183 Å². The van der Waals surface area contributed by atoms with Gasteiger partial charge in [-0.3, -0.25) is 20.4 Å². The van der Waals surface area contributed by atoms with Crippen molar-refractivity contribution in [2.24, 2.45) is 11.8 Å². The lowest BCUT2D eigenvalue weighted by molar-refractivity contribution is -0.136. The van der Waals surface area contributed by atoms with E-state index in [2.05, 4.69) is 40.4 Å². The fourth-order valence-corrected chi connectivity index (χ4v) is 4.30. The number of hydrazine groups is 1. The highest BCUT2D eigenvalue weighted by Gasteiger charge is 2.35. The molecule has 7 nitrogen and oxygen atoms in total. The highest BCUT2D eigenvalue weighted by atomic mass is 16.5. The number of nitrogens with one attached hydrogen (secondary N) is 3. The summed E-state index contributed by atoms with van der Waals surface area (Å²) in [6.07, 6.45) is 0.606. The van der Waals surface area contributed by atoms with E-state index < -0.39 is 0 Å². The zero-order valence-corrected chi connectivity index (χ0v) is 18.1. The lowest BCUT2D eigenvalue weighted by Crippen LogP contribution is -2.44. The lowest BCUT2D eigenvalue weighted by atomic mass is 9.95. The van der Waals surface area contributed by atoms with Gasteiger partial charge in [0.05, 0.1) is 18.9 Å². The van der Waals surface area contributed by atoms with Gasteiger partial charge >= 0.3 is 0 Å². The first kappa shape index (κ1) is 21.3. The first-order valence-electron chi connectivity index (χ1n) is 10.8. The van der Waals surface area contributed by atoms with Crippen molar-refractivity contribution >= 4 is 11.8 Å². The van der Waals surface area contributed by atoms with E-state index in [1.807, 2.05) is 36.1 Å². The maximum absolute atomic E-state index is 13.0. The number of methoxy groups -OCH3 is 1. The zero-order chi connectivity index (χ0) is 21.8. The number of carbonyl (C=O) groups excluding carboxylic acids is 2. The number of benzene rings is 2. The third-order valence-electron chi connectivity index (χ3n) is 6.24. The first-order valence-corrected chi connectivity index (χ1v) is 10.8. The molecular weight excluding hydrogens is 392 g/mol. The van der Waals surface area contributed by atoms with E-state index in [-0.39, 0.29) is 29.7 Å². The Hall–Kier alpha value is -2.90. The van der Waals surface area contributed by atoms with Gasteiger partial charge in [0.25, 0.3) is 0 Å². The third kappa shape index (κ3) is 4.89. The van der Waals surface area contributed by atoms with E-state index in [1.54, 1.807) is 7.11 Å². The van der Waals surface area contributed by atoms with Crippen LogP contribution < -0.4 is 20.9 Å². The summed E-state index contributed by atoms with van der Waals surface area (Å²) < 4.78 is 5.22. The molecule has 0 aliphatic carbocycles. The van der Waals surface area contributed by atoms with Crippen LogP contribution in [0.1, 0.15) is 12.5 Å². The SMILES string of the molecule is COc1ccc(-c2ccc(CC3CN(C(=O)C4CNNC4C)CCNC3=O)cc2)cc1. The Kier molecular flexibility index (Phi) is 6.53. The topological polar surface area (TPSA) is 82.7 Å². The fraction of sp³-hybridized carbons (Fsp3) is 0.417. The maximum atomic E-state index is 13.0. The monoisotopic (exact) mass is 422 g/mol. The van der Waals surface area contributed by atoms with Gasteiger partial charge in [-0.25, -0.2) is 0 Å². The molecular formula is C24H30N4O3. The van der Waals surface area contributed by atoms with Crippen molar-refractivity contribution in [2.45, 2.75) is 19.4 Å². The predicted molar refractivity (Wildman–Crippen MR) is 119 cm³/mol. The summed E-state index contributed by atoms with van der Waals surface area (Å²) in [4.78, 5) is 27.5. The molecule has 2 aromatic carbocycles. The Morgan fingerprint density at radius 3 is 2.39 bits per heavy atom. The minimum atomic E-state index is -0.254. The average Bonchev–Trinajstić information content (AvgIpc) is 3.14. The smallest absolute Gasteiger partial charge is 0.228 e. The fourth-order valence-electron chi connectivity index (χ4n) is 4.30. The van der Waals surface area contributed by atoms with Crippen molar-refractivity contribution in [3.63, 3.8) is 0 Å². The molecule has 3 N–H and O–H groups in total. The molecule has 2 amide bonds. The van der Waals surface area contributed by atoms with Crippen molar-refractivity contribution in [3.05, 3.63) is 54.1 Å². The minimum Gasteiger partial charge on any atom is -0.497 e. The van der Waals surface area contributed by atoms with Crippen LogP contribution in [0.5, 0.6) is 5.75 Å². The summed E-state index contributed by atoms with van der Waals surface area (Å²) in [6, 6.07) is 16.3. The van der Waals surface area contributed by atoms with Crippen molar-refractivity contribution in [1.29, 1.82) is 0 Å². The summed E-state index contributed by atoms with van der Waals surface area (Å²) in [5.74, 6) is 0.609. The van der Waals surface area contributed by atoms with Crippen LogP contribution in [-0.4, -0.2) is 56.0 Å². The van der Waals surface area contributed by atoms with Gasteiger partial charge in [0, 0.05) is 32.2 Å². The summed E-state index contributed by atoms with van der Waals surface area (Å²) >= 11 is 0. The minimum absolute atomic E-state index is 0.0188. The molecule has 0 bridgehead atoms. The van der Waals surface area contributed by atoms with E-state index in [1.165, 1.54) is 0 Å². The summed E-state index contributed by atoms with van der Waals surface area (Å²) in [5, 5.41) is 2.97. The number of amides is 2. The second-order valence-electron chi connectivity index (χ2n) is 8.32. The molecule has 4 rings (SSSR count). The molecule has 0 saturated carbocycles. The van der Waals surface area contributed by atoms with Crippen molar-refractivity contribution in [3.8, 4) is 16.9 Å². The summed E-state index contributed by atoms with van der Waals surface area (Å²) in [5.41, 5.74) is 9.48. The molecule has 2 aromatic rings. The first-order chi connectivity index (χ1) is 15.0. The standard InChI is InChI=1S/C24H30N4O3/c1-16-22(14-26-27-16)24(30)28-12-11-25-23(29)20(15-28)13-17-3-5-18(6-4-17)19-7-9-21(31-2)10-8-19/h3-10,16,20,22,26-27H,11-15H2,1-2H3,(H,25,29). The number of hydrogen-bond acceptors (Lipinski definition) is 5. The second-order valence-corrected chi connectivity index (χ2v) is 8.32. The molecule has 2 aliphatic rings. The van der Waals surface area contributed by atoms with Crippen LogP contribution in [0.2, 0.25) is 0 Å². The van der Waals surface area contributed by atoms with Gasteiger partial charge in [0.2, 0.25) is 11.8 Å². The van der Waals surface area contributed by atoms with Crippen molar-refractivity contribution < 1.29 is 14.3 Å². The highest BCUT2D eigenvalue weighted by Crippen LogP contribution is 2.24. The quantitative estimate of drug-likeness (QED) is 0.682. The number of nitrogens with zero attached hydrogens (tertiary/aromatic N) is 1. The van der Waals surface area contributed by atoms with Crippen LogP contribution in [0.25, 0.3) is 11.1 Å². The molecule has 0 radical (unpaired) electrons. The third-order valence-corrected chi connectivity index (χ3v) is 6.24. The largest absolute Gasteiger partial charge is 0.497 e. The van der Waals surface area contributed by atoms with E-state index in [0.717, 1.165) is 22.4 Å². The van der Waals surface area contributed by atoms with E-state index in [0.29, 0.717) is 32.6 Å². The number of hydrogen-bond donors (Lipinski definition) is 3. The molecule has 164 valence electrons. The predicted octanol–water partition coefficient (Wildman–Crippen LogP) is 1.59. The van der Waals surface area contributed by atoms with Gasteiger partial charge in [-0.15, -0.1) is 0 Å². The second kappa shape index (κ2) is 9.49. The Bertz CT molecular complexity index is 913. The molecule has 3 unspecified atom stereocenters. The van der Waals surface area contributed by atoms with Gasteiger partial charge in [-0.1, -0.05) is 36.4 Å². The van der Waals surface area contributed by atoms with Gasteiger partial charge < -0.3 is 15.0 Å². The van der Waals surface area contributed by atoms with Crippen LogP contribution in [0.3, 0.4) is 0 Å². The van der Waals surface area contributed by atoms with Crippen LogP contribution in [0.4, 0.5) is 0 Å². The van der Waals surface area contributed by atoms with Gasteiger partial charge in [0.1, 0.15) is 5.75 Å². The van der Waals surface area contributed by atoms with Crippen LogP contribution in [-0.2, 0) is 16.0 Å². The maximum Gasteiger partial charge on any atom is 0.228 e. The highest BCUT2D eigenvalue weighted by molar-refractivity contribution is 5.83.